The third kappa shape index (κ3) is 6.72. The Labute approximate surface area is 229 Å². The highest BCUT2D eigenvalue weighted by atomic mass is 32.2. The van der Waals surface area contributed by atoms with Crippen LogP contribution in [0.25, 0.3) is 10.9 Å². The summed E-state index contributed by atoms with van der Waals surface area (Å²) in [5.41, 5.74) is -1.04. The molecule has 0 bridgehead atoms. The van der Waals surface area contributed by atoms with Gasteiger partial charge in [0.25, 0.3) is 11.5 Å². The Morgan fingerprint density at radius 1 is 1.18 bits per heavy atom. The number of nitrogens with one attached hydrogen (secondary N) is 2. The third-order valence-corrected chi connectivity index (χ3v) is 10.9. The van der Waals surface area contributed by atoms with E-state index in [9.17, 15) is 35.4 Å². The molecule has 3 aromatic rings. The maximum Gasteiger partial charge on any atom is 0.303 e. The minimum absolute atomic E-state index is 0.00503. The topological polar surface area (TPSA) is 207 Å². The van der Waals surface area contributed by atoms with Crippen LogP contribution in [0.15, 0.2) is 39.9 Å². The van der Waals surface area contributed by atoms with Crippen molar-refractivity contribution in [3.8, 4) is 0 Å². The predicted molar refractivity (Wildman–Crippen MR) is 141 cm³/mol. The van der Waals surface area contributed by atoms with Crippen molar-refractivity contribution in [3.05, 3.63) is 46.1 Å². The van der Waals surface area contributed by atoms with E-state index in [0.717, 1.165) is 41.4 Å². The normalized spacial score (nSPS) is 16.1. The Hall–Kier alpha value is -3.13. The number of fused-ring (bicyclic) bond motifs is 1. The number of pyridine rings is 1. The molecule has 19 heteroatoms. The summed E-state index contributed by atoms with van der Waals surface area (Å²) in [5, 5.41) is 4.24. The SMILES string of the molecule is CC(=O)NS(=O)(=O)N1CCC(CS(=O)(=O)n2cnc3cnc(C(=O)NCS(=O)c4ccsn4)cc3c2=O)CC1. The summed E-state index contributed by atoms with van der Waals surface area (Å²) in [4.78, 5) is 44.7. The molecule has 210 valence electrons. The number of hydrogen-bond acceptors (Lipinski definition) is 12. The first kappa shape index (κ1) is 28.9. The van der Waals surface area contributed by atoms with Gasteiger partial charge >= 0.3 is 10.2 Å². The number of amides is 2. The predicted octanol–water partition coefficient (Wildman–Crippen LogP) is -0.986. The van der Waals surface area contributed by atoms with Crippen molar-refractivity contribution in [2.24, 2.45) is 5.92 Å². The molecule has 1 aliphatic heterocycles. The number of nitrogens with zero attached hydrogens (tertiary/aromatic N) is 5. The molecule has 1 fully saturated rings. The molecule has 0 radical (unpaired) electrons. The van der Waals surface area contributed by atoms with Crippen LogP contribution in [0.1, 0.15) is 30.3 Å². The van der Waals surface area contributed by atoms with Crippen molar-refractivity contribution >= 4 is 65.3 Å². The van der Waals surface area contributed by atoms with Crippen LogP contribution in [-0.2, 0) is 35.8 Å². The quantitative estimate of drug-likeness (QED) is 0.298. The lowest BCUT2D eigenvalue weighted by Crippen LogP contribution is -2.47. The van der Waals surface area contributed by atoms with Gasteiger partial charge in [-0.25, -0.2) is 23.1 Å². The molecule has 4 heterocycles. The lowest BCUT2D eigenvalue weighted by atomic mass is 10.0. The Morgan fingerprint density at radius 2 is 1.90 bits per heavy atom. The molecule has 1 unspecified atom stereocenters. The van der Waals surface area contributed by atoms with Crippen molar-refractivity contribution < 1.29 is 30.6 Å². The Morgan fingerprint density at radius 3 is 2.54 bits per heavy atom. The summed E-state index contributed by atoms with van der Waals surface area (Å²) < 4.78 is 70.0. The molecule has 1 aliphatic rings. The summed E-state index contributed by atoms with van der Waals surface area (Å²) in [5.74, 6) is -2.57. The Balaban J connectivity index is 1.47. The molecular weight excluding hydrogens is 595 g/mol. The fourth-order valence-corrected chi connectivity index (χ4v) is 8.29. The molecule has 0 spiro atoms. The van der Waals surface area contributed by atoms with Gasteiger partial charge in [0.1, 0.15) is 22.9 Å². The molecule has 1 saturated heterocycles. The first-order chi connectivity index (χ1) is 18.4. The molecule has 0 saturated carbocycles. The summed E-state index contributed by atoms with van der Waals surface area (Å²) in [6.07, 6.45) is 2.43. The average Bonchev–Trinajstić information content (AvgIpc) is 3.41. The van der Waals surface area contributed by atoms with Crippen LogP contribution in [0.5, 0.6) is 0 Å². The van der Waals surface area contributed by atoms with Gasteiger partial charge < -0.3 is 5.32 Å². The summed E-state index contributed by atoms with van der Waals surface area (Å²) in [6, 6.07) is 2.68. The van der Waals surface area contributed by atoms with Gasteiger partial charge in [-0.05, 0) is 42.4 Å². The zero-order valence-corrected chi connectivity index (χ0v) is 23.6. The molecule has 2 amide bonds. The van der Waals surface area contributed by atoms with Crippen LogP contribution in [0.2, 0.25) is 0 Å². The zero-order valence-electron chi connectivity index (χ0n) is 20.3. The van der Waals surface area contributed by atoms with Crippen LogP contribution in [0.3, 0.4) is 0 Å². The zero-order chi connectivity index (χ0) is 28.4. The van der Waals surface area contributed by atoms with Gasteiger partial charge in [0, 0.05) is 25.4 Å². The number of carbonyl (C=O) groups is 2. The smallest absolute Gasteiger partial charge is 0.303 e. The second kappa shape index (κ2) is 11.5. The van der Waals surface area contributed by atoms with E-state index in [0.29, 0.717) is 9.00 Å². The highest BCUT2D eigenvalue weighted by Crippen LogP contribution is 2.21. The number of rotatable bonds is 9. The van der Waals surface area contributed by atoms with Crippen LogP contribution in [-0.4, -0.2) is 80.2 Å². The molecule has 1 atom stereocenters. The molecule has 15 nitrogen and oxygen atoms in total. The monoisotopic (exact) mass is 617 g/mol. The molecule has 2 N–H and O–H groups in total. The first-order valence-electron chi connectivity index (χ1n) is 11.3. The molecule has 3 aromatic heterocycles. The Bertz CT molecular complexity index is 1700. The maximum atomic E-state index is 13.1. The standard InChI is InChI=1S/C20H23N7O8S4/c1-13(28)25-39(34,35)26-5-2-14(3-6-26)10-38(32,33)27-11-22-17-9-21-16(8-15(17)20(27)30)19(29)23-12-37(31)18-4-7-36-24-18/h4,7-9,11,14H,2-3,5-6,10,12H2,1H3,(H,23,29)(H,25,28). The minimum Gasteiger partial charge on any atom is -0.339 e. The van der Waals surface area contributed by atoms with Crippen LogP contribution >= 0.6 is 11.5 Å². The van der Waals surface area contributed by atoms with Crippen molar-refractivity contribution in [2.75, 3.05) is 24.7 Å². The second-order valence-corrected chi connectivity index (χ2v) is 14.2. The highest BCUT2D eigenvalue weighted by Gasteiger charge is 2.32. The van der Waals surface area contributed by atoms with Crippen molar-refractivity contribution in [1.82, 2.24) is 32.7 Å². The highest BCUT2D eigenvalue weighted by molar-refractivity contribution is 7.89. The van der Waals surface area contributed by atoms with Gasteiger partial charge in [-0.2, -0.15) is 21.1 Å². The first-order valence-corrected chi connectivity index (χ1v) is 16.5. The molecule has 0 aliphatic carbocycles. The largest absolute Gasteiger partial charge is 0.339 e. The second-order valence-electron chi connectivity index (χ2n) is 8.55. The van der Waals surface area contributed by atoms with Crippen molar-refractivity contribution in [1.29, 1.82) is 0 Å². The summed E-state index contributed by atoms with van der Waals surface area (Å²) in [7, 11) is -9.78. The lowest BCUT2D eigenvalue weighted by molar-refractivity contribution is -0.117. The van der Waals surface area contributed by atoms with Gasteiger partial charge in [-0.15, -0.1) is 0 Å². The van der Waals surface area contributed by atoms with Gasteiger partial charge in [0.2, 0.25) is 15.9 Å². The van der Waals surface area contributed by atoms with E-state index in [4.69, 9.17) is 0 Å². The van der Waals surface area contributed by atoms with Crippen LogP contribution in [0, 0.1) is 5.92 Å². The minimum atomic E-state index is -4.20. The van der Waals surface area contributed by atoms with E-state index in [1.165, 1.54) is 0 Å². The lowest BCUT2D eigenvalue weighted by Gasteiger charge is -2.30. The van der Waals surface area contributed by atoms with E-state index in [-0.39, 0.29) is 48.4 Å². The number of aromatic nitrogens is 4. The number of carbonyl (C=O) groups excluding carboxylic acids is 2. The van der Waals surface area contributed by atoms with E-state index >= 15 is 0 Å². The Kier molecular flexibility index (Phi) is 8.54. The van der Waals surface area contributed by atoms with E-state index in [1.54, 1.807) is 11.4 Å². The van der Waals surface area contributed by atoms with Crippen LogP contribution in [0.4, 0.5) is 0 Å². The third-order valence-electron chi connectivity index (χ3n) is 5.79. The van der Waals surface area contributed by atoms with Crippen LogP contribution < -0.4 is 15.6 Å². The van der Waals surface area contributed by atoms with Gasteiger partial charge in [0.15, 0.2) is 0 Å². The van der Waals surface area contributed by atoms with Crippen molar-refractivity contribution in [2.45, 2.75) is 24.8 Å². The summed E-state index contributed by atoms with van der Waals surface area (Å²) >= 11 is 1.12. The number of hydrogen-bond donors (Lipinski definition) is 2. The molecule has 4 rings (SSSR count). The van der Waals surface area contributed by atoms with Gasteiger partial charge in [-0.1, -0.05) is 0 Å². The maximum absolute atomic E-state index is 13.1. The fourth-order valence-electron chi connectivity index (χ4n) is 3.89. The van der Waals surface area contributed by atoms with Crippen molar-refractivity contribution in [3.63, 3.8) is 0 Å². The van der Waals surface area contributed by atoms with E-state index in [1.807, 2.05) is 4.72 Å². The molecule has 0 aromatic carbocycles. The van der Waals surface area contributed by atoms with Gasteiger partial charge in [0.05, 0.1) is 33.7 Å². The van der Waals surface area contributed by atoms with E-state index in [2.05, 4.69) is 19.7 Å². The average molecular weight is 618 g/mol. The van der Waals surface area contributed by atoms with Gasteiger partial charge in [-0.3, -0.25) is 18.6 Å². The molecular formula is C20H23N7O8S4. The van der Waals surface area contributed by atoms with E-state index < -0.39 is 60.1 Å². The summed E-state index contributed by atoms with van der Waals surface area (Å²) in [6.45, 7) is 1.08. The number of piperidine rings is 1. The molecule has 39 heavy (non-hydrogen) atoms. The fraction of sp³-hybridized carbons (Fsp3) is 0.400.